The van der Waals surface area contributed by atoms with Crippen LogP contribution >= 0.6 is 0 Å². The van der Waals surface area contributed by atoms with Gasteiger partial charge in [0.25, 0.3) is 5.56 Å². The molecule has 0 bridgehead atoms. The highest BCUT2D eigenvalue weighted by Gasteiger charge is 2.08. The minimum absolute atomic E-state index is 0.125. The topological polar surface area (TPSA) is 67.2 Å². The van der Waals surface area contributed by atoms with Crippen molar-refractivity contribution < 1.29 is 9.84 Å². The van der Waals surface area contributed by atoms with Crippen LogP contribution < -0.4 is 10.3 Å². The van der Waals surface area contributed by atoms with Crippen LogP contribution in [0, 0.1) is 0 Å². The molecule has 1 heterocycles. The summed E-state index contributed by atoms with van der Waals surface area (Å²) in [6.45, 7) is 0.633. The van der Waals surface area contributed by atoms with E-state index >= 15 is 0 Å². The largest absolute Gasteiger partial charge is 0.508 e. The number of fused-ring (bicyclic) bond motifs is 1. The molecule has 2 aromatic carbocycles. The molecule has 21 heavy (non-hydrogen) atoms. The summed E-state index contributed by atoms with van der Waals surface area (Å²) in [5.74, 6) is 0.918. The monoisotopic (exact) mass is 284 g/mol. The van der Waals surface area contributed by atoms with Crippen molar-refractivity contribution in [1.29, 1.82) is 0 Å². The van der Waals surface area contributed by atoms with E-state index in [1.165, 1.54) is 0 Å². The number of aromatic nitrogens is 2. The average molecular weight is 284 g/mol. The van der Waals surface area contributed by atoms with Crippen LogP contribution in [0.5, 0.6) is 11.5 Å². The number of benzene rings is 2. The van der Waals surface area contributed by atoms with E-state index in [1.54, 1.807) is 25.3 Å². The molecule has 108 valence electrons. The maximum absolute atomic E-state index is 12.0. The second-order valence-electron chi connectivity index (χ2n) is 4.90. The smallest absolute Gasteiger partial charge is 0.272 e. The first-order valence-electron chi connectivity index (χ1n) is 6.72. The Labute approximate surface area is 121 Å². The molecule has 0 aliphatic carbocycles. The molecular weight excluding hydrogens is 268 g/mol. The van der Waals surface area contributed by atoms with Gasteiger partial charge in [-0.05, 0) is 42.3 Å². The van der Waals surface area contributed by atoms with E-state index in [4.69, 9.17) is 4.74 Å². The number of aryl methyl sites for hydroxylation is 2. The van der Waals surface area contributed by atoms with Crippen LogP contribution in [0.15, 0.2) is 47.3 Å². The van der Waals surface area contributed by atoms with Crippen LogP contribution in [-0.4, -0.2) is 22.0 Å². The number of ether oxygens (including phenoxy) is 1. The fourth-order valence-electron chi connectivity index (χ4n) is 2.43. The first kappa shape index (κ1) is 13.3. The van der Waals surface area contributed by atoms with Gasteiger partial charge in [0.2, 0.25) is 0 Å². The van der Waals surface area contributed by atoms with E-state index in [0.717, 1.165) is 17.5 Å². The minimum atomic E-state index is -0.125. The van der Waals surface area contributed by atoms with E-state index in [9.17, 15) is 9.90 Å². The van der Waals surface area contributed by atoms with Crippen molar-refractivity contribution in [2.45, 2.75) is 13.0 Å². The van der Waals surface area contributed by atoms with Gasteiger partial charge in [-0.2, -0.15) is 0 Å². The van der Waals surface area contributed by atoms with Crippen LogP contribution in [0.25, 0.3) is 10.9 Å². The molecule has 0 amide bonds. The van der Waals surface area contributed by atoms with Crippen molar-refractivity contribution in [3.8, 4) is 11.5 Å². The van der Waals surface area contributed by atoms with Crippen LogP contribution in [0.1, 0.15) is 5.56 Å². The summed E-state index contributed by atoms with van der Waals surface area (Å²) < 4.78 is 6.96. The lowest BCUT2D eigenvalue weighted by Gasteiger charge is -2.06. The van der Waals surface area contributed by atoms with Gasteiger partial charge in [-0.15, -0.1) is 0 Å². The Balaban J connectivity index is 1.89. The summed E-state index contributed by atoms with van der Waals surface area (Å²) in [6.07, 6.45) is 0.722. The van der Waals surface area contributed by atoms with Crippen LogP contribution in [0.4, 0.5) is 0 Å². The van der Waals surface area contributed by atoms with Crippen LogP contribution in [0.2, 0.25) is 0 Å². The van der Waals surface area contributed by atoms with E-state index in [1.807, 2.05) is 28.9 Å². The molecular formula is C16H16N2O3. The van der Waals surface area contributed by atoms with Crippen molar-refractivity contribution in [1.82, 2.24) is 9.78 Å². The van der Waals surface area contributed by atoms with Gasteiger partial charge in [-0.25, -0.2) is 0 Å². The predicted molar refractivity (Wildman–Crippen MR) is 80.9 cm³/mol. The highest BCUT2D eigenvalue weighted by molar-refractivity contribution is 5.80. The molecule has 3 rings (SSSR count). The fourth-order valence-corrected chi connectivity index (χ4v) is 2.43. The number of hydrogen-bond acceptors (Lipinski definition) is 3. The number of nitrogens with zero attached hydrogens (tertiary/aromatic N) is 1. The Hall–Kier alpha value is -2.69. The van der Waals surface area contributed by atoms with E-state index in [-0.39, 0.29) is 11.3 Å². The molecule has 0 saturated heterocycles. The predicted octanol–water partition coefficient (Wildman–Crippen LogP) is 2.29. The van der Waals surface area contributed by atoms with Crippen molar-refractivity contribution >= 4 is 10.9 Å². The van der Waals surface area contributed by atoms with Gasteiger partial charge in [0.1, 0.15) is 11.5 Å². The molecule has 0 unspecified atom stereocenters. The lowest BCUT2D eigenvalue weighted by atomic mass is 10.1. The molecule has 0 spiro atoms. The van der Waals surface area contributed by atoms with Crippen molar-refractivity contribution in [2.24, 2.45) is 0 Å². The standard InChI is InChI=1S/C16H16N2O3/c1-21-13-5-6-15-14(10-13)16(20)17-18(15)8-7-11-3-2-4-12(19)9-11/h2-6,9-10,19H,7-8H2,1H3,(H,17,20). The highest BCUT2D eigenvalue weighted by atomic mass is 16.5. The number of H-pyrrole nitrogens is 1. The molecule has 0 atom stereocenters. The summed E-state index contributed by atoms with van der Waals surface area (Å²) in [4.78, 5) is 12.0. The van der Waals surface area contributed by atoms with Gasteiger partial charge in [0.15, 0.2) is 0 Å². The Kier molecular flexibility index (Phi) is 3.39. The van der Waals surface area contributed by atoms with E-state index < -0.39 is 0 Å². The quantitative estimate of drug-likeness (QED) is 0.772. The van der Waals surface area contributed by atoms with Crippen molar-refractivity contribution in [3.63, 3.8) is 0 Å². The molecule has 1 aromatic heterocycles. The Morgan fingerprint density at radius 2 is 2.10 bits per heavy atom. The van der Waals surface area contributed by atoms with E-state index in [2.05, 4.69) is 5.10 Å². The number of hydrogen-bond donors (Lipinski definition) is 2. The third-order valence-corrected chi connectivity index (χ3v) is 3.51. The van der Waals surface area contributed by atoms with Gasteiger partial charge < -0.3 is 9.84 Å². The number of aromatic amines is 1. The highest BCUT2D eigenvalue weighted by Crippen LogP contribution is 2.18. The summed E-state index contributed by atoms with van der Waals surface area (Å²) in [5.41, 5.74) is 1.74. The molecule has 5 heteroatoms. The molecule has 0 aliphatic heterocycles. The second kappa shape index (κ2) is 5.36. The minimum Gasteiger partial charge on any atom is -0.508 e. The van der Waals surface area contributed by atoms with E-state index in [0.29, 0.717) is 17.7 Å². The van der Waals surface area contributed by atoms with Crippen molar-refractivity contribution in [2.75, 3.05) is 7.11 Å². The second-order valence-corrected chi connectivity index (χ2v) is 4.90. The van der Waals surface area contributed by atoms with Gasteiger partial charge in [-0.1, -0.05) is 12.1 Å². The summed E-state index contributed by atoms with van der Waals surface area (Å²) in [7, 11) is 1.58. The zero-order valence-corrected chi connectivity index (χ0v) is 11.7. The Morgan fingerprint density at radius 3 is 2.86 bits per heavy atom. The first-order chi connectivity index (χ1) is 10.2. The maximum Gasteiger partial charge on any atom is 0.272 e. The molecule has 3 aromatic rings. The third kappa shape index (κ3) is 2.63. The Morgan fingerprint density at radius 1 is 1.24 bits per heavy atom. The molecule has 2 N–H and O–H groups in total. The maximum atomic E-state index is 12.0. The number of phenols is 1. The SMILES string of the molecule is COc1ccc2c(c1)c(=O)[nH]n2CCc1cccc(O)c1. The zero-order chi connectivity index (χ0) is 14.8. The van der Waals surface area contributed by atoms with Crippen LogP contribution in [-0.2, 0) is 13.0 Å². The van der Waals surface area contributed by atoms with Crippen LogP contribution in [0.3, 0.4) is 0 Å². The molecule has 0 radical (unpaired) electrons. The number of nitrogens with one attached hydrogen (secondary N) is 1. The third-order valence-electron chi connectivity index (χ3n) is 3.51. The Bertz CT molecular complexity index is 833. The molecule has 0 saturated carbocycles. The first-order valence-corrected chi connectivity index (χ1v) is 6.72. The van der Waals surface area contributed by atoms with Gasteiger partial charge in [0, 0.05) is 6.54 Å². The lowest BCUT2D eigenvalue weighted by Crippen LogP contribution is -2.07. The number of rotatable bonds is 4. The number of aromatic hydroxyl groups is 1. The van der Waals surface area contributed by atoms with Gasteiger partial charge >= 0.3 is 0 Å². The summed E-state index contributed by atoms with van der Waals surface area (Å²) >= 11 is 0. The fraction of sp³-hybridized carbons (Fsp3) is 0.188. The lowest BCUT2D eigenvalue weighted by molar-refractivity contribution is 0.415. The van der Waals surface area contributed by atoms with Gasteiger partial charge in [-0.3, -0.25) is 14.6 Å². The van der Waals surface area contributed by atoms with Gasteiger partial charge in [0.05, 0.1) is 18.0 Å². The zero-order valence-electron chi connectivity index (χ0n) is 11.7. The van der Waals surface area contributed by atoms with Crippen molar-refractivity contribution in [3.05, 3.63) is 58.4 Å². The molecule has 5 nitrogen and oxygen atoms in total. The number of methoxy groups -OCH3 is 1. The average Bonchev–Trinajstić information content (AvgIpc) is 2.81. The molecule has 0 aliphatic rings. The molecule has 0 fully saturated rings. The normalized spacial score (nSPS) is 10.9. The number of phenolic OH excluding ortho intramolecular Hbond substituents is 1. The summed E-state index contributed by atoms with van der Waals surface area (Å²) in [5, 5.41) is 12.9. The summed E-state index contributed by atoms with van der Waals surface area (Å²) in [6, 6.07) is 12.6.